The van der Waals surface area contributed by atoms with Gasteiger partial charge in [-0.15, -0.1) is 5.48 Å². The number of aryl methyl sites for hydroxylation is 2. The number of fused-ring (bicyclic) bond motifs is 1. The number of aliphatic imine (C=N–C) groups is 1. The number of aromatic nitrogens is 1. The molecule has 1 saturated carbocycles. The molecule has 2 aliphatic carbocycles. The number of hydrogen-bond acceptors (Lipinski definition) is 7. The fourth-order valence-electron chi connectivity index (χ4n) is 4.99. The Balaban J connectivity index is 1.47. The lowest BCUT2D eigenvalue weighted by molar-refractivity contribution is 0.179. The third-order valence-corrected chi connectivity index (χ3v) is 6.75. The van der Waals surface area contributed by atoms with E-state index in [1.807, 2.05) is 6.92 Å². The van der Waals surface area contributed by atoms with Crippen molar-refractivity contribution in [2.45, 2.75) is 89.9 Å². The maximum atomic E-state index is 10.1. The number of hydrogen-bond donors (Lipinski definition) is 4. The van der Waals surface area contributed by atoms with Crippen LogP contribution >= 0.6 is 0 Å². The molecule has 0 saturated heterocycles. The van der Waals surface area contributed by atoms with Crippen LogP contribution < -0.4 is 16.1 Å². The first-order valence-electron chi connectivity index (χ1n) is 11.8. The summed E-state index contributed by atoms with van der Waals surface area (Å²) >= 11 is 0. The fourth-order valence-corrected chi connectivity index (χ4v) is 4.99. The lowest BCUT2D eigenvalue weighted by Crippen LogP contribution is -2.46. The normalized spacial score (nSPS) is 23.6. The third-order valence-electron chi connectivity index (χ3n) is 6.75. The van der Waals surface area contributed by atoms with Crippen molar-refractivity contribution >= 4 is 11.7 Å². The lowest BCUT2D eigenvalue weighted by Gasteiger charge is -2.32. The zero-order chi connectivity index (χ0) is 20.9. The molecule has 166 valence electrons. The smallest absolute Gasteiger partial charge is 0.246 e. The van der Waals surface area contributed by atoms with Crippen molar-refractivity contribution in [2.75, 3.05) is 18.5 Å². The summed E-state index contributed by atoms with van der Waals surface area (Å²) in [5, 5.41) is 17.5. The van der Waals surface area contributed by atoms with Gasteiger partial charge in [0.2, 0.25) is 5.90 Å². The molecule has 0 aromatic carbocycles. The van der Waals surface area contributed by atoms with E-state index in [-0.39, 0.29) is 18.7 Å². The molecule has 3 aliphatic rings. The second-order valence-corrected chi connectivity index (χ2v) is 9.01. The topological polar surface area (TPSA) is 90.8 Å². The number of rotatable bonds is 9. The molecule has 7 heteroatoms. The molecule has 0 radical (unpaired) electrons. The first-order valence-corrected chi connectivity index (χ1v) is 11.8. The van der Waals surface area contributed by atoms with Crippen LogP contribution in [-0.4, -0.2) is 47.4 Å². The number of anilines is 1. The van der Waals surface area contributed by atoms with E-state index >= 15 is 0 Å². The van der Waals surface area contributed by atoms with Crippen LogP contribution in [0.25, 0.3) is 0 Å². The van der Waals surface area contributed by atoms with Gasteiger partial charge in [0.05, 0.1) is 5.56 Å². The van der Waals surface area contributed by atoms with Crippen LogP contribution in [0.5, 0.6) is 0 Å². The minimum absolute atomic E-state index is 0.0598. The van der Waals surface area contributed by atoms with Gasteiger partial charge in [-0.25, -0.2) is 9.98 Å². The zero-order valence-corrected chi connectivity index (χ0v) is 18.4. The highest BCUT2D eigenvalue weighted by Crippen LogP contribution is 2.27. The Morgan fingerprint density at radius 1 is 1.23 bits per heavy atom. The SMILES string of the molecule is CCC(NC1CCCCC1)C(CO)CNc1nc2c(cc1C1=NC(C)NO1)CCC2. The van der Waals surface area contributed by atoms with Crippen LogP contribution in [0.4, 0.5) is 5.82 Å². The average Bonchev–Trinajstić information content (AvgIpc) is 3.41. The van der Waals surface area contributed by atoms with E-state index in [2.05, 4.69) is 34.1 Å². The maximum absolute atomic E-state index is 10.1. The lowest BCUT2D eigenvalue weighted by atomic mass is 9.91. The molecule has 0 bridgehead atoms. The molecule has 0 amide bonds. The van der Waals surface area contributed by atoms with Crippen molar-refractivity contribution in [2.24, 2.45) is 10.9 Å². The number of aliphatic hydroxyl groups excluding tert-OH is 1. The number of hydroxylamine groups is 1. The van der Waals surface area contributed by atoms with Crippen molar-refractivity contribution in [3.05, 3.63) is 22.9 Å². The molecular weight excluding hydrogens is 378 g/mol. The fraction of sp³-hybridized carbons (Fsp3) is 0.739. The number of nitrogens with zero attached hydrogens (tertiary/aromatic N) is 2. The standard InChI is InChI=1S/C23H37N5O2/c1-3-20(26-18-9-5-4-6-10-18)17(14-29)13-24-22-19(23-25-15(2)28-30-23)12-16-8-7-11-21(16)27-22/h12,15,17-18,20,26,28-29H,3-11,13-14H2,1-2H3,(H,24,27). The summed E-state index contributed by atoms with van der Waals surface area (Å²) in [4.78, 5) is 15.1. The molecule has 4 N–H and O–H groups in total. The molecule has 3 unspecified atom stereocenters. The molecular formula is C23H37N5O2. The van der Waals surface area contributed by atoms with Gasteiger partial charge < -0.3 is 20.6 Å². The molecule has 0 spiro atoms. The van der Waals surface area contributed by atoms with Crippen LogP contribution in [-0.2, 0) is 17.7 Å². The molecule has 1 aliphatic heterocycles. The van der Waals surface area contributed by atoms with Crippen LogP contribution in [0.15, 0.2) is 11.1 Å². The van der Waals surface area contributed by atoms with E-state index in [9.17, 15) is 5.11 Å². The van der Waals surface area contributed by atoms with Crippen LogP contribution in [0, 0.1) is 5.92 Å². The summed E-state index contributed by atoms with van der Waals surface area (Å²) in [5.41, 5.74) is 6.29. The minimum Gasteiger partial charge on any atom is -0.396 e. The Labute approximate surface area is 180 Å². The van der Waals surface area contributed by atoms with Crippen LogP contribution in [0.2, 0.25) is 0 Å². The Morgan fingerprint density at radius 3 is 2.77 bits per heavy atom. The van der Waals surface area contributed by atoms with E-state index < -0.39 is 0 Å². The summed E-state index contributed by atoms with van der Waals surface area (Å²) < 4.78 is 0. The van der Waals surface area contributed by atoms with E-state index in [0.717, 1.165) is 37.1 Å². The summed E-state index contributed by atoms with van der Waals surface area (Å²) in [6, 6.07) is 3.06. The molecule has 3 atom stereocenters. The Hall–Kier alpha value is -1.70. The van der Waals surface area contributed by atoms with Crippen LogP contribution in [0.1, 0.15) is 75.6 Å². The Kier molecular flexibility index (Phi) is 7.23. The largest absolute Gasteiger partial charge is 0.396 e. The Morgan fingerprint density at radius 2 is 2.07 bits per heavy atom. The highest BCUT2D eigenvalue weighted by Gasteiger charge is 2.27. The first kappa shape index (κ1) is 21.5. The average molecular weight is 416 g/mol. The highest BCUT2D eigenvalue weighted by atomic mass is 16.7. The van der Waals surface area contributed by atoms with Gasteiger partial charge in [0, 0.05) is 36.8 Å². The number of pyridine rings is 1. The van der Waals surface area contributed by atoms with Crippen molar-refractivity contribution in [1.82, 2.24) is 15.8 Å². The van der Waals surface area contributed by atoms with E-state index in [1.165, 1.54) is 43.4 Å². The second kappa shape index (κ2) is 10.1. The van der Waals surface area contributed by atoms with Crippen molar-refractivity contribution < 1.29 is 9.94 Å². The van der Waals surface area contributed by atoms with Crippen molar-refractivity contribution in [3.63, 3.8) is 0 Å². The molecule has 30 heavy (non-hydrogen) atoms. The molecule has 1 fully saturated rings. The molecule has 1 aromatic heterocycles. The van der Waals surface area contributed by atoms with Gasteiger partial charge in [-0.2, -0.15) is 0 Å². The summed E-state index contributed by atoms with van der Waals surface area (Å²) in [6.45, 7) is 4.99. The van der Waals surface area contributed by atoms with Gasteiger partial charge in [-0.3, -0.25) is 0 Å². The minimum atomic E-state index is -0.0598. The van der Waals surface area contributed by atoms with Gasteiger partial charge in [0.1, 0.15) is 12.0 Å². The molecule has 2 heterocycles. The van der Waals surface area contributed by atoms with E-state index in [4.69, 9.17) is 9.82 Å². The van der Waals surface area contributed by atoms with E-state index in [1.54, 1.807) is 0 Å². The van der Waals surface area contributed by atoms with Crippen molar-refractivity contribution in [3.8, 4) is 0 Å². The molecule has 7 nitrogen and oxygen atoms in total. The van der Waals surface area contributed by atoms with Crippen LogP contribution in [0.3, 0.4) is 0 Å². The first-order chi connectivity index (χ1) is 14.7. The number of aliphatic hydroxyl groups is 1. The summed E-state index contributed by atoms with van der Waals surface area (Å²) in [6.07, 6.45) is 10.7. The second-order valence-electron chi connectivity index (χ2n) is 9.01. The van der Waals surface area contributed by atoms with Gasteiger partial charge in [-0.05, 0) is 57.1 Å². The summed E-state index contributed by atoms with van der Waals surface area (Å²) in [5.74, 6) is 1.54. The zero-order valence-electron chi connectivity index (χ0n) is 18.4. The molecule has 4 rings (SSSR count). The van der Waals surface area contributed by atoms with Gasteiger partial charge in [0.15, 0.2) is 0 Å². The van der Waals surface area contributed by atoms with Gasteiger partial charge in [-0.1, -0.05) is 26.2 Å². The van der Waals surface area contributed by atoms with Gasteiger partial charge >= 0.3 is 0 Å². The van der Waals surface area contributed by atoms with E-state index in [0.29, 0.717) is 24.5 Å². The third kappa shape index (κ3) is 4.95. The molecule has 1 aromatic rings. The number of nitrogens with one attached hydrogen (secondary N) is 3. The van der Waals surface area contributed by atoms with Crippen molar-refractivity contribution in [1.29, 1.82) is 0 Å². The maximum Gasteiger partial charge on any atom is 0.246 e. The Bertz CT molecular complexity index is 747. The summed E-state index contributed by atoms with van der Waals surface area (Å²) in [7, 11) is 0. The predicted octanol–water partition coefficient (Wildman–Crippen LogP) is 2.92. The van der Waals surface area contributed by atoms with Gasteiger partial charge in [0.25, 0.3) is 0 Å². The predicted molar refractivity (Wildman–Crippen MR) is 120 cm³/mol. The highest BCUT2D eigenvalue weighted by molar-refractivity contribution is 5.99. The quantitative estimate of drug-likeness (QED) is 0.496. The monoisotopic (exact) mass is 415 g/mol.